The van der Waals surface area contributed by atoms with E-state index in [9.17, 15) is 0 Å². The van der Waals surface area contributed by atoms with Crippen molar-refractivity contribution in [2.24, 2.45) is 0 Å². The fourth-order valence-corrected chi connectivity index (χ4v) is 2.57. The van der Waals surface area contributed by atoms with Crippen LogP contribution in [-0.2, 0) is 6.54 Å². The highest BCUT2D eigenvalue weighted by Gasteiger charge is 1.98. The molecule has 0 aromatic heterocycles. The minimum atomic E-state index is 0.773. The Morgan fingerprint density at radius 1 is 1.10 bits per heavy atom. The molecule has 2 rings (SSSR count). The van der Waals surface area contributed by atoms with Gasteiger partial charge in [-0.2, -0.15) is 0 Å². The highest BCUT2D eigenvalue weighted by molar-refractivity contribution is 9.10. The Labute approximate surface area is 129 Å². The monoisotopic (exact) mass is 333 g/mol. The number of anilines is 1. The zero-order chi connectivity index (χ0) is 14.4. The van der Waals surface area contributed by atoms with Gasteiger partial charge >= 0.3 is 0 Å². The van der Waals surface area contributed by atoms with E-state index in [4.69, 9.17) is 4.74 Å². The fourth-order valence-electron chi connectivity index (χ4n) is 1.97. The molecule has 0 fully saturated rings. The molecule has 0 aliphatic rings. The molecule has 0 saturated carbocycles. The van der Waals surface area contributed by atoms with E-state index in [-0.39, 0.29) is 0 Å². The molecular formula is C17H20BrNO. The van der Waals surface area contributed by atoms with E-state index in [0.29, 0.717) is 0 Å². The number of rotatable bonds is 6. The van der Waals surface area contributed by atoms with Gasteiger partial charge in [-0.15, -0.1) is 0 Å². The van der Waals surface area contributed by atoms with Crippen LogP contribution in [0.3, 0.4) is 0 Å². The molecule has 2 aromatic rings. The highest BCUT2D eigenvalue weighted by atomic mass is 79.9. The second-order valence-corrected chi connectivity index (χ2v) is 5.78. The molecule has 20 heavy (non-hydrogen) atoms. The van der Waals surface area contributed by atoms with E-state index in [2.05, 4.69) is 65.4 Å². The molecule has 1 N–H and O–H groups in total. The second-order valence-electron chi connectivity index (χ2n) is 4.86. The summed E-state index contributed by atoms with van der Waals surface area (Å²) in [6.45, 7) is 5.78. The van der Waals surface area contributed by atoms with Crippen molar-refractivity contribution in [1.82, 2.24) is 0 Å². The largest absolute Gasteiger partial charge is 0.494 e. The first-order valence-electron chi connectivity index (χ1n) is 6.90. The van der Waals surface area contributed by atoms with Gasteiger partial charge in [-0.1, -0.05) is 35.0 Å². The predicted octanol–water partition coefficient (Wildman–Crippen LogP) is 5.16. The van der Waals surface area contributed by atoms with Crippen molar-refractivity contribution in [1.29, 1.82) is 0 Å². The third-order valence-corrected chi connectivity index (χ3v) is 3.39. The summed E-state index contributed by atoms with van der Waals surface area (Å²) in [4.78, 5) is 0. The topological polar surface area (TPSA) is 21.3 Å². The molecule has 0 spiro atoms. The molecule has 0 heterocycles. The quantitative estimate of drug-likeness (QED) is 0.788. The summed E-state index contributed by atoms with van der Waals surface area (Å²) in [6, 6.07) is 14.6. The van der Waals surface area contributed by atoms with Gasteiger partial charge in [0.05, 0.1) is 6.61 Å². The lowest BCUT2D eigenvalue weighted by molar-refractivity contribution is 0.317. The molecule has 2 nitrogen and oxygen atoms in total. The van der Waals surface area contributed by atoms with Crippen molar-refractivity contribution in [2.45, 2.75) is 26.8 Å². The number of nitrogens with one attached hydrogen (secondary N) is 1. The van der Waals surface area contributed by atoms with Crippen molar-refractivity contribution in [3.05, 3.63) is 58.1 Å². The van der Waals surface area contributed by atoms with E-state index >= 15 is 0 Å². The van der Waals surface area contributed by atoms with Gasteiger partial charge in [0.1, 0.15) is 5.75 Å². The first-order chi connectivity index (χ1) is 9.67. The smallest absolute Gasteiger partial charge is 0.119 e. The maximum absolute atomic E-state index is 5.58. The van der Waals surface area contributed by atoms with E-state index in [1.54, 1.807) is 0 Å². The molecule has 0 atom stereocenters. The summed E-state index contributed by atoms with van der Waals surface area (Å²) in [5.74, 6) is 0.939. The Morgan fingerprint density at radius 2 is 1.85 bits per heavy atom. The molecule has 0 aliphatic heterocycles. The standard InChI is InChI=1S/C17H20BrNO/c1-3-8-20-17-6-4-14(5-7-17)12-19-16-10-13(2)9-15(18)11-16/h4-7,9-11,19H,3,8,12H2,1-2H3. The van der Waals surface area contributed by atoms with Crippen LogP contribution in [0.1, 0.15) is 24.5 Å². The molecule has 106 valence electrons. The SMILES string of the molecule is CCCOc1ccc(CNc2cc(C)cc(Br)c2)cc1. The number of hydrogen-bond acceptors (Lipinski definition) is 2. The molecule has 3 heteroatoms. The second kappa shape index (κ2) is 7.34. The van der Waals surface area contributed by atoms with Gasteiger partial charge in [-0.05, 0) is 54.8 Å². The number of ether oxygens (including phenoxy) is 1. The Hall–Kier alpha value is -1.48. The average molecular weight is 334 g/mol. The number of halogens is 1. The van der Waals surface area contributed by atoms with Crippen molar-refractivity contribution >= 4 is 21.6 Å². The van der Waals surface area contributed by atoms with Crippen LogP contribution in [0, 0.1) is 6.92 Å². The van der Waals surface area contributed by atoms with E-state index in [1.807, 2.05) is 12.1 Å². The minimum absolute atomic E-state index is 0.773. The van der Waals surface area contributed by atoms with E-state index in [0.717, 1.165) is 35.5 Å². The van der Waals surface area contributed by atoms with Gasteiger partial charge in [0.15, 0.2) is 0 Å². The molecule has 2 aromatic carbocycles. The normalized spacial score (nSPS) is 10.3. The lowest BCUT2D eigenvalue weighted by atomic mass is 10.2. The van der Waals surface area contributed by atoms with Crippen LogP contribution in [0.25, 0.3) is 0 Å². The molecular weight excluding hydrogens is 314 g/mol. The number of hydrogen-bond donors (Lipinski definition) is 1. The summed E-state index contributed by atoms with van der Waals surface area (Å²) in [7, 11) is 0. The van der Waals surface area contributed by atoms with Crippen molar-refractivity contribution < 1.29 is 4.74 Å². The Balaban J connectivity index is 1.93. The molecule has 0 saturated heterocycles. The molecule has 0 radical (unpaired) electrons. The lowest BCUT2D eigenvalue weighted by Crippen LogP contribution is -2.00. The van der Waals surface area contributed by atoms with Gasteiger partial charge in [-0.3, -0.25) is 0 Å². The van der Waals surface area contributed by atoms with Crippen LogP contribution in [0.2, 0.25) is 0 Å². The van der Waals surface area contributed by atoms with Crippen LogP contribution in [0.5, 0.6) is 5.75 Å². The molecule has 0 bridgehead atoms. The summed E-state index contributed by atoms with van der Waals surface area (Å²) in [5, 5.41) is 3.43. The summed E-state index contributed by atoms with van der Waals surface area (Å²) in [5.41, 5.74) is 3.61. The Morgan fingerprint density at radius 3 is 2.50 bits per heavy atom. The number of benzene rings is 2. The van der Waals surface area contributed by atoms with Crippen molar-refractivity contribution in [3.63, 3.8) is 0 Å². The van der Waals surface area contributed by atoms with Crippen LogP contribution in [0.15, 0.2) is 46.9 Å². The maximum atomic E-state index is 5.58. The maximum Gasteiger partial charge on any atom is 0.119 e. The lowest BCUT2D eigenvalue weighted by Gasteiger charge is -2.09. The third kappa shape index (κ3) is 4.57. The van der Waals surface area contributed by atoms with Gasteiger partial charge < -0.3 is 10.1 Å². The number of aryl methyl sites for hydroxylation is 1. The Bertz CT molecular complexity index is 531. The molecule has 0 aliphatic carbocycles. The van der Waals surface area contributed by atoms with Crippen LogP contribution in [0.4, 0.5) is 5.69 Å². The van der Waals surface area contributed by atoms with Gasteiger partial charge in [0, 0.05) is 16.7 Å². The minimum Gasteiger partial charge on any atom is -0.494 e. The van der Waals surface area contributed by atoms with Crippen LogP contribution < -0.4 is 10.1 Å². The third-order valence-electron chi connectivity index (χ3n) is 2.93. The fraction of sp³-hybridized carbons (Fsp3) is 0.294. The molecule has 0 unspecified atom stereocenters. The van der Waals surface area contributed by atoms with Gasteiger partial charge in [-0.25, -0.2) is 0 Å². The molecule has 0 amide bonds. The van der Waals surface area contributed by atoms with Crippen molar-refractivity contribution in [2.75, 3.05) is 11.9 Å². The summed E-state index contributed by atoms with van der Waals surface area (Å²) < 4.78 is 6.68. The predicted molar refractivity (Wildman–Crippen MR) is 88.4 cm³/mol. The van der Waals surface area contributed by atoms with Gasteiger partial charge in [0.2, 0.25) is 0 Å². The van der Waals surface area contributed by atoms with Crippen LogP contribution in [-0.4, -0.2) is 6.61 Å². The first kappa shape index (κ1) is 14.9. The van der Waals surface area contributed by atoms with Crippen molar-refractivity contribution in [3.8, 4) is 5.75 Å². The summed E-state index contributed by atoms with van der Waals surface area (Å²) >= 11 is 3.52. The zero-order valence-electron chi connectivity index (χ0n) is 11.9. The van der Waals surface area contributed by atoms with Crippen LogP contribution >= 0.6 is 15.9 Å². The average Bonchev–Trinajstić information content (AvgIpc) is 2.43. The van der Waals surface area contributed by atoms with Gasteiger partial charge in [0.25, 0.3) is 0 Å². The first-order valence-corrected chi connectivity index (χ1v) is 7.69. The summed E-state index contributed by atoms with van der Waals surface area (Å²) in [6.07, 6.45) is 1.03. The van der Waals surface area contributed by atoms with E-state index in [1.165, 1.54) is 11.1 Å². The van der Waals surface area contributed by atoms with E-state index < -0.39 is 0 Å². The highest BCUT2D eigenvalue weighted by Crippen LogP contribution is 2.20. The zero-order valence-corrected chi connectivity index (χ0v) is 13.5. The Kier molecular flexibility index (Phi) is 5.48.